The van der Waals surface area contributed by atoms with Gasteiger partial charge in [-0.2, -0.15) is 0 Å². The van der Waals surface area contributed by atoms with Gasteiger partial charge in [-0.05, 0) is 6.42 Å². The molecule has 0 bridgehead atoms. The van der Waals surface area contributed by atoms with Crippen LogP contribution in [0, 0.1) is 29.1 Å². The number of anilines is 1. The molecule has 8 heteroatoms. The molecule has 102 valence electrons. The monoisotopic (exact) mass is 278 g/mol. The third-order valence-corrected chi connectivity index (χ3v) is 2.62. The summed E-state index contributed by atoms with van der Waals surface area (Å²) >= 11 is 0. The van der Waals surface area contributed by atoms with Crippen molar-refractivity contribution in [2.24, 2.45) is 0 Å². The van der Waals surface area contributed by atoms with Crippen molar-refractivity contribution >= 4 is 5.88 Å². The first-order valence-corrected chi connectivity index (χ1v) is 5.15. The van der Waals surface area contributed by atoms with Gasteiger partial charge in [-0.25, -0.2) is 22.0 Å². The van der Waals surface area contributed by atoms with Gasteiger partial charge in [0.05, 0.1) is 5.56 Å². The van der Waals surface area contributed by atoms with Gasteiger partial charge in [0.25, 0.3) is 0 Å². The molecular weight excluding hydrogens is 271 g/mol. The van der Waals surface area contributed by atoms with Gasteiger partial charge in [0.2, 0.25) is 11.7 Å². The van der Waals surface area contributed by atoms with Crippen LogP contribution in [-0.4, -0.2) is 5.16 Å². The summed E-state index contributed by atoms with van der Waals surface area (Å²) in [6.45, 7) is 1.57. The quantitative estimate of drug-likeness (QED) is 0.521. The minimum absolute atomic E-state index is 0.0724. The second-order valence-electron chi connectivity index (χ2n) is 3.67. The van der Waals surface area contributed by atoms with Crippen LogP contribution in [0.25, 0.3) is 11.3 Å². The maximum atomic E-state index is 13.6. The molecule has 0 amide bonds. The second-order valence-corrected chi connectivity index (χ2v) is 3.67. The van der Waals surface area contributed by atoms with E-state index in [1.165, 1.54) is 0 Å². The molecule has 1 aromatic carbocycles. The fourth-order valence-electron chi connectivity index (χ4n) is 1.67. The van der Waals surface area contributed by atoms with Gasteiger partial charge < -0.3 is 10.3 Å². The van der Waals surface area contributed by atoms with Crippen molar-refractivity contribution in [2.75, 3.05) is 5.73 Å². The summed E-state index contributed by atoms with van der Waals surface area (Å²) in [5, 5.41) is 3.25. The lowest BCUT2D eigenvalue weighted by Gasteiger charge is -2.06. The maximum Gasteiger partial charge on any atom is 0.225 e. The molecule has 0 aliphatic rings. The van der Waals surface area contributed by atoms with E-state index in [-0.39, 0.29) is 17.9 Å². The molecule has 1 aromatic heterocycles. The molecule has 19 heavy (non-hydrogen) atoms. The zero-order chi connectivity index (χ0) is 14.3. The fraction of sp³-hybridized carbons (Fsp3) is 0.182. The molecule has 0 spiro atoms. The third kappa shape index (κ3) is 1.83. The van der Waals surface area contributed by atoms with Crippen LogP contribution in [-0.2, 0) is 6.42 Å². The molecular formula is C11H7F5N2O. The van der Waals surface area contributed by atoms with E-state index in [2.05, 4.69) is 9.68 Å². The molecule has 0 atom stereocenters. The summed E-state index contributed by atoms with van der Waals surface area (Å²) in [5.41, 5.74) is 3.79. The Labute approximate surface area is 103 Å². The van der Waals surface area contributed by atoms with Gasteiger partial charge in [-0.15, -0.1) is 0 Å². The summed E-state index contributed by atoms with van der Waals surface area (Å²) in [4.78, 5) is 0. The number of nitrogen functional groups attached to an aromatic ring is 1. The topological polar surface area (TPSA) is 52.0 Å². The third-order valence-electron chi connectivity index (χ3n) is 2.62. The molecule has 0 saturated carbocycles. The Bertz CT molecular complexity index is 624. The smallest absolute Gasteiger partial charge is 0.225 e. The average molecular weight is 278 g/mol. The first-order valence-electron chi connectivity index (χ1n) is 5.15. The predicted molar refractivity (Wildman–Crippen MR) is 55.5 cm³/mol. The summed E-state index contributed by atoms with van der Waals surface area (Å²) in [5.74, 6) is -10.5. The average Bonchev–Trinajstić information content (AvgIpc) is 2.75. The Morgan fingerprint density at radius 2 is 1.42 bits per heavy atom. The molecule has 0 saturated heterocycles. The largest absolute Gasteiger partial charge is 0.367 e. The van der Waals surface area contributed by atoms with Crippen LogP contribution >= 0.6 is 0 Å². The van der Waals surface area contributed by atoms with Crippen LogP contribution in [0.4, 0.5) is 27.8 Å². The van der Waals surface area contributed by atoms with E-state index < -0.39 is 40.3 Å². The zero-order valence-corrected chi connectivity index (χ0v) is 9.53. The Morgan fingerprint density at radius 3 is 1.89 bits per heavy atom. The lowest BCUT2D eigenvalue weighted by molar-refractivity contribution is 0.379. The van der Waals surface area contributed by atoms with Gasteiger partial charge in [0.1, 0.15) is 5.69 Å². The lowest BCUT2D eigenvalue weighted by atomic mass is 10.0. The Kier molecular flexibility index (Phi) is 3.17. The van der Waals surface area contributed by atoms with E-state index in [4.69, 9.17) is 5.73 Å². The highest BCUT2D eigenvalue weighted by Crippen LogP contribution is 2.34. The van der Waals surface area contributed by atoms with Crippen LogP contribution in [0.1, 0.15) is 12.5 Å². The highest BCUT2D eigenvalue weighted by Gasteiger charge is 2.30. The van der Waals surface area contributed by atoms with Crippen molar-refractivity contribution in [3.63, 3.8) is 0 Å². The van der Waals surface area contributed by atoms with E-state index >= 15 is 0 Å². The predicted octanol–water partition coefficient (Wildman–Crippen LogP) is 3.18. The van der Waals surface area contributed by atoms with Crippen LogP contribution in [0.3, 0.4) is 0 Å². The minimum Gasteiger partial charge on any atom is -0.367 e. The fourth-order valence-corrected chi connectivity index (χ4v) is 1.67. The Balaban J connectivity index is 2.83. The van der Waals surface area contributed by atoms with E-state index in [0.717, 1.165) is 0 Å². The van der Waals surface area contributed by atoms with Gasteiger partial charge >= 0.3 is 0 Å². The molecule has 1 heterocycles. The zero-order valence-electron chi connectivity index (χ0n) is 9.53. The molecule has 0 aliphatic carbocycles. The van der Waals surface area contributed by atoms with E-state index in [0.29, 0.717) is 0 Å². The van der Waals surface area contributed by atoms with Gasteiger partial charge in [-0.1, -0.05) is 12.1 Å². The molecule has 2 rings (SSSR count). The van der Waals surface area contributed by atoms with Crippen LogP contribution in [0.2, 0.25) is 0 Å². The minimum atomic E-state index is -2.23. The maximum absolute atomic E-state index is 13.6. The van der Waals surface area contributed by atoms with Crippen molar-refractivity contribution < 1.29 is 26.5 Å². The molecule has 0 unspecified atom stereocenters. The van der Waals surface area contributed by atoms with E-state index in [9.17, 15) is 22.0 Å². The molecule has 0 fully saturated rings. The summed E-state index contributed by atoms with van der Waals surface area (Å²) in [7, 11) is 0. The SMILES string of the molecule is CCc1c(-c2c(F)c(F)c(F)c(F)c2F)noc1N. The highest BCUT2D eigenvalue weighted by molar-refractivity contribution is 5.68. The summed E-state index contributed by atoms with van der Waals surface area (Å²) in [6, 6.07) is 0. The standard InChI is InChI=1S/C11H7F5N2O/c1-2-3-10(18-19-11(3)17)4-5(12)7(14)9(16)8(15)6(4)13/h2,17H2,1H3. The first kappa shape index (κ1) is 13.3. The summed E-state index contributed by atoms with van der Waals surface area (Å²) in [6.07, 6.45) is 0.157. The normalized spacial score (nSPS) is 11.1. The van der Waals surface area contributed by atoms with Gasteiger partial charge in [0.15, 0.2) is 23.3 Å². The molecule has 2 aromatic rings. The molecule has 0 aliphatic heterocycles. The van der Waals surface area contributed by atoms with E-state index in [1.54, 1.807) is 6.92 Å². The highest BCUT2D eigenvalue weighted by atomic mass is 19.2. The van der Waals surface area contributed by atoms with Gasteiger partial charge in [-0.3, -0.25) is 0 Å². The van der Waals surface area contributed by atoms with Crippen molar-refractivity contribution in [1.82, 2.24) is 5.16 Å². The van der Waals surface area contributed by atoms with Crippen LogP contribution < -0.4 is 5.73 Å². The van der Waals surface area contributed by atoms with Crippen molar-refractivity contribution in [3.8, 4) is 11.3 Å². The number of aromatic nitrogens is 1. The number of benzene rings is 1. The first-order chi connectivity index (χ1) is 8.90. The van der Waals surface area contributed by atoms with Crippen molar-refractivity contribution in [1.29, 1.82) is 0 Å². The number of hydrogen-bond donors (Lipinski definition) is 1. The number of halogens is 5. The summed E-state index contributed by atoms with van der Waals surface area (Å²) < 4.78 is 70.7. The number of hydrogen-bond acceptors (Lipinski definition) is 3. The Hall–Kier alpha value is -2.12. The number of rotatable bonds is 2. The number of nitrogens with two attached hydrogens (primary N) is 1. The second kappa shape index (κ2) is 4.52. The number of nitrogens with zero attached hydrogens (tertiary/aromatic N) is 1. The van der Waals surface area contributed by atoms with E-state index in [1.807, 2.05) is 0 Å². The van der Waals surface area contributed by atoms with Crippen molar-refractivity contribution in [2.45, 2.75) is 13.3 Å². The van der Waals surface area contributed by atoms with Crippen molar-refractivity contribution in [3.05, 3.63) is 34.6 Å². The molecule has 3 nitrogen and oxygen atoms in total. The van der Waals surface area contributed by atoms with Gasteiger partial charge in [0, 0.05) is 5.56 Å². The van der Waals surface area contributed by atoms with Crippen LogP contribution in [0.15, 0.2) is 4.52 Å². The molecule has 0 radical (unpaired) electrons. The van der Waals surface area contributed by atoms with Crippen LogP contribution in [0.5, 0.6) is 0 Å². The lowest BCUT2D eigenvalue weighted by Crippen LogP contribution is -2.05. The molecule has 2 N–H and O–H groups in total. The Morgan fingerprint density at radius 1 is 0.947 bits per heavy atom.